The van der Waals surface area contributed by atoms with Gasteiger partial charge in [-0.1, -0.05) is 19.1 Å². The summed E-state index contributed by atoms with van der Waals surface area (Å²) in [6.45, 7) is 6.33. The van der Waals surface area contributed by atoms with Crippen molar-refractivity contribution < 1.29 is 14.3 Å². The predicted molar refractivity (Wildman–Crippen MR) is 83.5 cm³/mol. The summed E-state index contributed by atoms with van der Waals surface area (Å²) in [5.74, 6) is 0.838. The second kappa shape index (κ2) is 10.2. The van der Waals surface area contributed by atoms with Crippen LogP contribution in [-0.2, 0) is 9.53 Å². The van der Waals surface area contributed by atoms with E-state index in [2.05, 4.69) is 17.6 Å². The first kappa shape index (κ1) is 17.5. The molecule has 0 aliphatic carbocycles. The van der Waals surface area contributed by atoms with E-state index in [4.69, 9.17) is 9.47 Å². The number of hydrogen-bond donors (Lipinski definition) is 2. The minimum absolute atomic E-state index is 0.0232. The van der Waals surface area contributed by atoms with Crippen molar-refractivity contribution in [3.05, 3.63) is 29.8 Å². The first-order valence-electron chi connectivity index (χ1n) is 7.39. The molecule has 0 aliphatic rings. The van der Waals surface area contributed by atoms with Gasteiger partial charge in [-0.15, -0.1) is 0 Å². The Bertz CT molecular complexity index is 406. The minimum atomic E-state index is -0.0260. The van der Waals surface area contributed by atoms with E-state index in [0.717, 1.165) is 24.3 Å². The zero-order chi connectivity index (χ0) is 15.5. The van der Waals surface area contributed by atoms with Gasteiger partial charge < -0.3 is 20.1 Å². The molecule has 1 aromatic carbocycles. The maximum Gasteiger partial charge on any atom is 0.234 e. The molecule has 1 atom stereocenters. The Balaban J connectivity index is 2.36. The van der Waals surface area contributed by atoms with E-state index >= 15 is 0 Å². The van der Waals surface area contributed by atoms with E-state index in [1.54, 1.807) is 7.11 Å². The molecule has 0 bridgehead atoms. The van der Waals surface area contributed by atoms with Crippen LogP contribution >= 0.6 is 0 Å². The smallest absolute Gasteiger partial charge is 0.234 e. The number of nitrogens with one attached hydrogen (secondary N) is 2. The minimum Gasteiger partial charge on any atom is -0.494 e. The molecule has 118 valence electrons. The fourth-order valence-electron chi connectivity index (χ4n) is 1.82. The maximum atomic E-state index is 11.8. The van der Waals surface area contributed by atoms with Crippen molar-refractivity contribution in [3.8, 4) is 5.75 Å². The molecule has 1 unspecified atom stereocenters. The van der Waals surface area contributed by atoms with E-state index in [9.17, 15) is 4.79 Å². The molecule has 0 saturated heterocycles. The van der Waals surface area contributed by atoms with Crippen LogP contribution in [0, 0.1) is 0 Å². The third kappa shape index (κ3) is 7.11. The van der Waals surface area contributed by atoms with Crippen molar-refractivity contribution in [2.75, 3.05) is 33.4 Å². The van der Waals surface area contributed by atoms with Crippen molar-refractivity contribution in [2.24, 2.45) is 0 Å². The molecule has 1 aromatic rings. The maximum absolute atomic E-state index is 11.8. The van der Waals surface area contributed by atoms with E-state index in [0.29, 0.717) is 19.7 Å². The number of amides is 1. The largest absolute Gasteiger partial charge is 0.494 e. The molecule has 0 aliphatic heterocycles. The molecule has 2 N–H and O–H groups in total. The van der Waals surface area contributed by atoms with E-state index < -0.39 is 0 Å². The molecule has 1 amide bonds. The lowest BCUT2D eigenvalue weighted by Gasteiger charge is -2.15. The fourth-order valence-corrected chi connectivity index (χ4v) is 1.82. The summed E-state index contributed by atoms with van der Waals surface area (Å²) >= 11 is 0. The summed E-state index contributed by atoms with van der Waals surface area (Å²) in [6.07, 6.45) is 0.990. The van der Waals surface area contributed by atoms with Crippen molar-refractivity contribution in [3.63, 3.8) is 0 Å². The summed E-state index contributed by atoms with van der Waals surface area (Å²) < 4.78 is 10.4. The number of methoxy groups -OCH3 is 1. The van der Waals surface area contributed by atoms with Gasteiger partial charge in [-0.3, -0.25) is 4.79 Å². The van der Waals surface area contributed by atoms with Gasteiger partial charge in [0.15, 0.2) is 0 Å². The van der Waals surface area contributed by atoms with Crippen LogP contribution in [0.1, 0.15) is 31.9 Å². The first-order chi connectivity index (χ1) is 10.2. The Morgan fingerprint density at radius 3 is 2.57 bits per heavy atom. The average Bonchev–Trinajstić information content (AvgIpc) is 2.50. The second-order valence-corrected chi connectivity index (χ2v) is 4.88. The van der Waals surface area contributed by atoms with Crippen LogP contribution < -0.4 is 15.4 Å². The Hall–Kier alpha value is -1.59. The topological polar surface area (TPSA) is 59.6 Å². The number of carbonyl (C=O) groups excluding carboxylic acids is 1. The number of benzene rings is 1. The van der Waals surface area contributed by atoms with Crippen LogP contribution in [0.2, 0.25) is 0 Å². The highest BCUT2D eigenvalue weighted by atomic mass is 16.5. The molecule has 5 nitrogen and oxygen atoms in total. The van der Waals surface area contributed by atoms with Crippen LogP contribution in [0.4, 0.5) is 0 Å². The summed E-state index contributed by atoms with van der Waals surface area (Å²) in [7, 11) is 1.64. The van der Waals surface area contributed by atoms with Gasteiger partial charge in [-0.25, -0.2) is 0 Å². The number of ether oxygens (including phenoxy) is 2. The van der Waals surface area contributed by atoms with Gasteiger partial charge in [0.25, 0.3) is 0 Å². The van der Waals surface area contributed by atoms with Gasteiger partial charge in [0.2, 0.25) is 5.91 Å². The predicted octanol–water partition coefficient (Wildman–Crippen LogP) is 1.89. The van der Waals surface area contributed by atoms with Crippen LogP contribution in [0.5, 0.6) is 5.75 Å². The third-order valence-electron chi connectivity index (χ3n) is 3.00. The Labute approximate surface area is 127 Å². The zero-order valence-electron chi connectivity index (χ0n) is 13.1. The van der Waals surface area contributed by atoms with Gasteiger partial charge in [0.1, 0.15) is 5.75 Å². The Morgan fingerprint density at radius 2 is 1.95 bits per heavy atom. The normalized spacial score (nSPS) is 12.0. The molecule has 0 spiro atoms. The SMILES string of the molecule is CCCOc1ccc(C(C)NC(=O)CNCCOC)cc1. The van der Waals surface area contributed by atoms with Crippen LogP contribution in [0.15, 0.2) is 24.3 Å². The van der Waals surface area contributed by atoms with Crippen molar-refractivity contribution in [2.45, 2.75) is 26.3 Å². The molecule has 0 heterocycles. The summed E-state index contributed by atoms with van der Waals surface area (Å²) in [4.78, 5) is 11.8. The van der Waals surface area contributed by atoms with Crippen molar-refractivity contribution >= 4 is 5.91 Å². The summed E-state index contributed by atoms with van der Waals surface area (Å²) in [6, 6.07) is 7.80. The Morgan fingerprint density at radius 1 is 1.24 bits per heavy atom. The monoisotopic (exact) mass is 294 g/mol. The van der Waals surface area contributed by atoms with Crippen LogP contribution in [0.25, 0.3) is 0 Å². The first-order valence-corrected chi connectivity index (χ1v) is 7.39. The lowest BCUT2D eigenvalue weighted by atomic mass is 10.1. The molecule has 0 fully saturated rings. The van der Waals surface area contributed by atoms with Gasteiger partial charge in [-0.2, -0.15) is 0 Å². The summed E-state index contributed by atoms with van der Waals surface area (Å²) in [5, 5.41) is 5.97. The van der Waals surface area contributed by atoms with Crippen molar-refractivity contribution in [1.82, 2.24) is 10.6 Å². The lowest BCUT2D eigenvalue weighted by molar-refractivity contribution is -0.120. The van der Waals surface area contributed by atoms with E-state index in [1.165, 1.54) is 0 Å². The van der Waals surface area contributed by atoms with Crippen LogP contribution in [-0.4, -0.2) is 39.3 Å². The van der Waals surface area contributed by atoms with Crippen LogP contribution in [0.3, 0.4) is 0 Å². The molecule has 5 heteroatoms. The highest BCUT2D eigenvalue weighted by Crippen LogP contribution is 2.17. The lowest BCUT2D eigenvalue weighted by Crippen LogP contribution is -2.36. The fraction of sp³-hybridized carbons (Fsp3) is 0.562. The molecule has 0 radical (unpaired) electrons. The highest BCUT2D eigenvalue weighted by Gasteiger charge is 2.09. The number of hydrogen-bond acceptors (Lipinski definition) is 4. The van der Waals surface area contributed by atoms with Crippen molar-refractivity contribution in [1.29, 1.82) is 0 Å². The summed E-state index contributed by atoms with van der Waals surface area (Å²) in [5.41, 5.74) is 1.06. The zero-order valence-corrected chi connectivity index (χ0v) is 13.1. The van der Waals surface area contributed by atoms with Gasteiger partial charge >= 0.3 is 0 Å². The standard InChI is InChI=1S/C16H26N2O3/c1-4-10-21-15-7-5-14(6-8-15)13(2)18-16(19)12-17-9-11-20-3/h5-8,13,17H,4,9-12H2,1-3H3,(H,18,19). The average molecular weight is 294 g/mol. The molecular formula is C16H26N2O3. The molecule has 0 aromatic heterocycles. The number of carbonyl (C=O) groups is 1. The van der Waals surface area contributed by atoms with Gasteiger partial charge in [-0.05, 0) is 31.0 Å². The Kier molecular flexibility index (Phi) is 8.47. The second-order valence-electron chi connectivity index (χ2n) is 4.88. The third-order valence-corrected chi connectivity index (χ3v) is 3.00. The highest BCUT2D eigenvalue weighted by molar-refractivity contribution is 5.78. The van der Waals surface area contributed by atoms with E-state index in [1.807, 2.05) is 31.2 Å². The van der Waals surface area contributed by atoms with Gasteiger partial charge in [0.05, 0.1) is 25.8 Å². The molecule has 1 rings (SSSR count). The van der Waals surface area contributed by atoms with Gasteiger partial charge in [0, 0.05) is 13.7 Å². The number of rotatable bonds is 10. The molecular weight excluding hydrogens is 268 g/mol. The van der Waals surface area contributed by atoms with E-state index in [-0.39, 0.29) is 11.9 Å². The molecule has 0 saturated carbocycles. The molecule has 21 heavy (non-hydrogen) atoms. The quantitative estimate of drug-likeness (QED) is 0.647.